The topological polar surface area (TPSA) is 73.2 Å². The van der Waals surface area contributed by atoms with E-state index in [4.69, 9.17) is 4.74 Å². The van der Waals surface area contributed by atoms with Crippen molar-refractivity contribution < 1.29 is 14.3 Å². The minimum Gasteiger partial charge on any atom is -0.444 e. The lowest BCUT2D eigenvalue weighted by Gasteiger charge is -2.19. The molecular weight excluding hydrogens is 234 g/mol. The van der Waals surface area contributed by atoms with E-state index >= 15 is 0 Å². The molecule has 1 rings (SSSR count). The normalized spacial score (nSPS) is 11.1. The zero-order valence-corrected chi connectivity index (χ0v) is 11.2. The zero-order chi connectivity index (χ0) is 13.8. The summed E-state index contributed by atoms with van der Waals surface area (Å²) in [6, 6.07) is 0. The first-order valence-corrected chi connectivity index (χ1v) is 5.83. The lowest BCUT2D eigenvalue weighted by Crippen LogP contribution is -2.35. The summed E-state index contributed by atoms with van der Waals surface area (Å²) in [5.74, 6) is -0.243. The highest BCUT2D eigenvalue weighted by atomic mass is 16.6. The van der Waals surface area contributed by atoms with Crippen LogP contribution in [0.5, 0.6) is 0 Å². The van der Waals surface area contributed by atoms with Crippen LogP contribution in [-0.4, -0.2) is 33.6 Å². The van der Waals surface area contributed by atoms with E-state index in [1.54, 1.807) is 37.9 Å². The summed E-state index contributed by atoms with van der Waals surface area (Å²) in [6.45, 7) is 7.87. The molecule has 6 nitrogen and oxygen atoms in total. The third-order valence-electron chi connectivity index (χ3n) is 2.08. The molecule has 0 aromatic carbocycles. The van der Waals surface area contributed by atoms with E-state index < -0.39 is 11.7 Å². The Balaban J connectivity index is 2.44. The Morgan fingerprint density at radius 3 is 2.61 bits per heavy atom. The summed E-state index contributed by atoms with van der Waals surface area (Å²) in [5.41, 5.74) is -0.232. The number of alkyl carbamates (subject to hydrolysis) is 1. The van der Waals surface area contributed by atoms with E-state index in [0.717, 1.165) is 6.54 Å². The molecule has 0 unspecified atom stereocenters. The minimum absolute atomic E-state index is 0.115. The second-order valence-corrected chi connectivity index (χ2v) is 4.87. The maximum absolute atomic E-state index is 11.7. The molecule has 0 bridgehead atoms. The van der Waals surface area contributed by atoms with Crippen molar-refractivity contribution in [2.75, 3.05) is 6.54 Å². The molecule has 6 heteroatoms. The molecule has 0 saturated carbocycles. The SMILES string of the molecule is CCn1cnc(C(=O)CNC(=O)OC(C)(C)C)c1. The fraction of sp³-hybridized carbons (Fsp3) is 0.583. The molecule has 1 N–H and O–H groups in total. The third-order valence-corrected chi connectivity index (χ3v) is 2.08. The van der Waals surface area contributed by atoms with E-state index in [2.05, 4.69) is 10.3 Å². The molecule has 1 aromatic heterocycles. The molecule has 1 amide bonds. The van der Waals surface area contributed by atoms with Gasteiger partial charge in [0.2, 0.25) is 5.78 Å². The molecule has 0 aliphatic heterocycles. The molecule has 0 saturated heterocycles. The number of aromatic nitrogens is 2. The highest BCUT2D eigenvalue weighted by molar-refractivity contribution is 5.97. The Bertz CT molecular complexity index is 432. The number of nitrogens with zero attached hydrogens (tertiary/aromatic N) is 2. The van der Waals surface area contributed by atoms with Gasteiger partial charge in [0, 0.05) is 12.7 Å². The van der Waals surface area contributed by atoms with Gasteiger partial charge in [0.15, 0.2) is 0 Å². The van der Waals surface area contributed by atoms with Crippen LogP contribution in [0.4, 0.5) is 4.79 Å². The van der Waals surface area contributed by atoms with E-state index in [1.165, 1.54) is 0 Å². The zero-order valence-electron chi connectivity index (χ0n) is 11.2. The van der Waals surface area contributed by atoms with Gasteiger partial charge < -0.3 is 14.6 Å². The van der Waals surface area contributed by atoms with Gasteiger partial charge in [-0.1, -0.05) is 0 Å². The fourth-order valence-corrected chi connectivity index (χ4v) is 1.23. The molecule has 100 valence electrons. The Morgan fingerprint density at radius 1 is 1.44 bits per heavy atom. The first-order chi connectivity index (χ1) is 8.31. The van der Waals surface area contributed by atoms with Crippen LogP contribution < -0.4 is 5.32 Å². The molecule has 1 aromatic rings. The van der Waals surface area contributed by atoms with Gasteiger partial charge in [-0.25, -0.2) is 9.78 Å². The quantitative estimate of drug-likeness (QED) is 0.827. The molecule has 1 heterocycles. The maximum Gasteiger partial charge on any atom is 0.408 e. The number of aryl methyl sites for hydroxylation is 1. The number of ether oxygens (including phenoxy) is 1. The second-order valence-electron chi connectivity index (χ2n) is 4.87. The lowest BCUT2D eigenvalue weighted by atomic mass is 10.2. The van der Waals surface area contributed by atoms with Gasteiger partial charge in [0.25, 0.3) is 0 Å². The number of Topliss-reactive ketones (excluding diaryl/α,β-unsaturated/α-hetero) is 1. The highest BCUT2D eigenvalue weighted by Crippen LogP contribution is 2.06. The van der Waals surface area contributed by atoms with Gasteiger partial charge in [-0.2, -0.15) is 0 Å². The van der Waals surface area contributed by atoms with E-state index in [-0.39, 0.29) is 12.3 Å². The van der Waals surface area contributed by atoms with Gasteiger partial charge in [0.05, 0.1) is 12.9 Å². The van der Waals surface area contributed by atoms with Gasteiger partial charge in [-0.05, 0) is 27.7 Å². The van der Waals surface area contributed by atoms with Gasteiger partial charge in [-0.3, -0.25) is 4.79 Å². The van der Waals surface area contributed by atoms with Crippen LogP contribution >= 0.6 is 0 Å². The number of carbonyl (C=O) groups is 2. The molecular formula is C12H19N3O3. The second kappa shape index (κ2) is 5.66. The summed E-state index contributed by atoms with van der Waals surface area (Å²) < 4.78 is 6.81. The standard InChI is InChI=1S/C12H19N3O3/c1-5-15-7-9(14-8-15)10(16)6-13-11(17)18-12(2,3)4/h7-8H,5-6H2,1-4H3,(H,13,17). The van der Waals surface area contributed by atoms with E-state index in [0.29, 0.717) is 5.69 Å². The number of carbonyl (C=O) groups excluding carboxylic acids is 2. The first-order valence-electron chi connectivity index (χ1n) is 5.83. The Kier molecular flexibility index (Phi) is 4.47. The summed E-state index contributed by atoms with van der Waals surface area (Å²) in [6.07, 6.45) is 2.63. The highest BCUT2D eigenvalue weighted by Gasteiger charge is 2.17. The maximum atomic E-state index is 11.7. The minimum atomic E-state index is -0.606. The molecule has 0 radical (unpaired) electrons. The monoisotopic (exact) mass is 253 g/mol. The van der Waals surface area contributed by atoms with Crippen LogP contribution in [0.3, 0.4) is 0 Å². The van der Waals surface area contributed by atoms with Gasteiger partial charge in [0.1, 0.15) is 11.3 Å². The predicted molar refractivity (Wildman–Crippen MR) is 66.5 cm³/mol. The van der Waals surface area contributed by atoms with Crippen LogP contribution in [0, 0.1) is 0 Å². The van der Waals surface area contributed by atoms with Gasteiger partial charge in [-0.15, -0.1) is 0 Å². The van der Waals surface area contributed by atoms with Crippen molar-refractivity contribution in [2.45, 2.75) is 39.8 Å². The number of ketones is 1. The van der Waals surface area contributed by atoms with Crippen LogP contribution in [0.25, 0.3) is 0 Å². The van der Waals surface area contributed by atoms with Crippen LogP contribution in [-0.2, 0) is 11.3 Å². The molecule has 0 aliphatic rings. The van der Waals surface area contributed by atoms with Crippen LogP contribution in [0.2, 0.25) is 0 Å². The molecule has 0 atom stereocenters. The van der Waals surface area contributed by atoms with Crippen molar-refractivity contribution in [2.24, 2.45) is 0 Å². The Morgan fingerprint density at radius 2 is 2.11 bits per heavy atom. The number of nitrogens with one attached hydrogen (secondary N) is 1. The summed E-state index contributed by atoms with van der Waals surface area (Å²) in [4.78, 5) is 27.0. The van der Waals surface area contributed by atoms with Crippen LogP contribution in [0.1, 0.15) is 38.2 Å². The predicted octanol–water partition coefficient (Wildman–Crippen LogP) is 1.61. The number of amides is 1. The number of rotatable bonds is 4. The Labute approximate surface area is 106 Å². The molecule has 0 spiro atoms. The lowest BCUT2D eigenvalue weighted by molar-refractivity contribution is 0.0520. The largest absolute Gasteiger partial charge is 0.444 e. The number of imidazole rings is 1. The number of hydrogen-bond donors (Lipinski definition) is 1. The van der Waals surface area contributed by atoms with E-state index in [9.17, 15) is 9.59 Å². The molecule has 0 fully saturated rings. The van der Waals surface area contributed by atoms with Crippen molar-refractivity contribution in [1.82, 2.24) is 14.9 Å². The summed E-state index contributed by atoms with van der Waals surface area (Å²) in [7, 11) is 0. The molecule has 18 heavy (non-hydrogen) atoms. The van der Waals surface area contributed by atoms with E-state index in [1.807, 2.05) is 6.92 Å². The average molecular weight is 253 g/mol. The van der Waals surface area contributed by atoms with Crippen molar-refractivity contribution in [3.63, 3.8) is 0 Å². The first kappa shape index (κ1) is 14.2. The Hall–Kier alpha value is -1.85. The fourth-order valence-electron chi connectivity index (χ4n) is 1.23. The van der Waals surface area contributed by atoms with Crippen molar-refractivity contribution >= 4 is 11.9 Å². The number of hydrogen-bond acceptors (Lipinski definition) is 4. The third kappa shape index (κ3) is 4.57. The van der Waals surface area contributed by atoms with Crippen molar-refractivity contribution in [1.29, 1.82) is 0 Å². The van der Waals surface area contributed by atoms with Crippen molar-refractivity contribution in [3.05, 3.63) is 18.2 Å². The smallest absolute Gasteiger partial charge is 0.408 e. The average Bonchev–Trinajstić information content (AvgIpc) is 2.72. The summed E-state index contributed by atoms with van der Waals surface area (Å²) in [5, 5.41) is 2.40. The van der Waals surface area contributed by atoms with Crippen molar-refractivity contribution in [3.8, 4) is 0 Å². The molecule has 0 aliphatic carbocycles. The van der Waals surface area contributed by atoms with Crippen LogP contribution in [0.15, 0.2) is 12.5 Å². The van der Waals surface area contributed by atoms with Gasteiger partial charge >= 0.3 is 6.09 Å². The summed E-state index contributed by atoms with van der Waals surface area (Å²) >= 11 is 0.